The maximum atomic E-state index is 13.8. The maximum absolute atomic E-state index is 13.8. The average molecular weight is 660 g/mol. The minimum absolute atomic E-state index is 0.00371. The summed E-state index contributed by atoms with van der Waals surface area (Å²) in [6.45, 7) is 2.94. The first-order chi connectivity index (χ1) is 21.4. The normalized spacial score (nSPS) is 19.9. The van der Waals surface area contributed by atoms with Crippen molar-refractivity contribution in [3.63, 3.8) is 0 Å². The quantitative estimate of drug-likeness (QED) is 0.379. The summed E-state index contributed by atoms with van der Waals surface area (Å²) < 4.78 is 94.8. The summed E-state index contributed by atoms with van der Waals surface area (Å²) in [5.41, 5.74) is -3.04. The highest BCUT2D eigenvalue weighted by Gasteiger charge is 2.41. The van der Waals surface area contributed by atoms with Crippen LogP contribution in [0.1, 0.15) is 48.8 Å². The number of amides is 4. The molecule has 2 aromatic rings. The highest BCUT2D eigenvalue weighted by atomic mass is 19.4. The van der Waals surface area contributed by atoms with Crippen LogP contribution in [0.15, 0.2) is 42.5 Å². The van der Waals surface area contributed by atoms with Gasteiger partial charge in [-0.2, -0.15) is 26.3 Å². The van der Waals surface area contributed by atoms with Crippen molar-refractivity contribution in [2.75, 3.05) is 52.2 Å². The number of piperidine rings is 2. The smallest absolute Gasteiger partial charge is 0.343 e. The lowest BCUT2D eigenvalue weighted by Gasteiger charge is -2.46. The molecule has 2 atom stereocenters. The first-order valence-corrected chi connectivity index (χ1v) is 14.7. The number of likely N-dealkylation sites (N-methyl/N-ethyl adjacent to an activating group) is 1. The van der Waals surface area contributed by atoms with E-state index >= 15 is 0 Å². The molecule has 15 heteroatoms. The van der Waals surface area contributed by atoms with Gasteiger partial charge in [-0.05, 0) is 55.2 Å². The van der Waals surface area contributed by atoms with E-state index in [1.54, 1.807) is 24.1 Å². The number of likely N-dealkylation sites (tertiary alicyclic amines) is 1. The largest absolute Gasteiger partial charge is 0.416 e. The number of carbonyl (C=O) groups excluding carboxylic acids is 3. The van der Waals surface area contributed by atoms with Crippen molar-refractivity contribution < 1.29 is 45.1 Å². The number of nitrogens with zero attached hydrogens (tertiary/aromatic N) is 5. The summed E-state index contributed by atoms with van der Waals surface area (Å²) in [6, 6.07) is 5.10. The molecule has 0 N–H and O–H groups in total. The van der Waals surface area contributed by atoms with Gasteiger partial charge in [0.2, 0.25) is 11.8 Å². The van der Waals surface area contributed by atoms with Crippen molar-refractivity contribution in [3.8, 4) is 0 Å². The van der Waals surface area contributed by atoms with Gasteiger partial charge in [0.15, 0.2) is 0 Å². The van der Waals surface area contributed by atoms with Crippen molar-refractivity contribution in [1.82, 2.24) is 19.8 Å². The predicted octanol–water partition coefficient (Wildman–Crippen LogP) is 5.84. The lowest BCUT2D eigenvalue weighted by Crippen LogP contribution is -2.58. The van der Waals surface area contributed by atoms with Crippen LogP contribution >= 0.6 is 0 Å². The number of hydrogen-bond donors (Lipinski definition) is 0. The van der Waals surface area contributed by atoms with E-state index in [4.69, 9.17) is 0 Å². The fourth-order valence-electron chi connectivity index (χ4n) is 6.16. The minimum atomic E-state index is -5.08. The molecule has 4 amide bonds. The molecule has 2 fully saturated rings. The lowest BCUT2D eigenvalue weighted by atomic mass is 9.85. The van der Waals surface area contributed by atoms with E-state index in [0.29, 0.717) is 50.2 Å². The average Bonchev–Trinajstić information content (AvgIpc) is 3.02. The SMILES string of the molecule is CC(=O)N1CCC(C(=O)N(C)N2CC[C@@H](N(C)C(=O)N(C)c3cc(C(F)(F)F)cc(C(F)(F)F)c3)[C@H](c3ccc(F)cc3)C2)CC1. The van der Waals surface area contributed by atoms with E-state index in [1.807, 2.05) is 5.01 Å². The molecular formula is C31H36F7N5O3. The van der Waals surface area contributed by atoms with Crippen molar-refractivity contribution in [1.29, 1.82) is 0 Å². The molecule has 2 heterocycles. The van der Waals surface area contributed by atoms with E-state index < -0.39 is 53.0 Å². The molecule has 0 aliphatic carbocycles. The third-order valence-electron chi connectivity index (χ3n) is 8.93. The van der Waals surface area contributed by atoms with Gasteiger partial charge < -0.3 is 9.80 Å². The zero-order valence-electron chi connectivity index (χ0n) is 25.8. The lowest BCUT2D eigenvalue weighted by molar-refractivity contribution is -0.156. The van der Waals surface area contributed by atoms with E-state index in [0.717, 1.165) is 11.9 Å². The molecule has 0 spiro atoms. The van der Waals surface area contributed by atoms with Gasteiger partial charge in [-0.3, -0.25) is 19.5 Å². The molecule has 46 heavy (non-hydrogen) atoms. The van der Waals surface area contributed by atoms with Crippen LogP contribution in [0.25, 0.3) is 0 Å². The van der Waals surface area contributed by atoms with Gasteiger partial charge in [0.25, 0.3) is 0 Å². The molecule has 0 radical (unpaired) electrons. The second-order valence-corrected chi connectivity index (χ2v) is 11.8. The number of benzene rings is 2. The Morgan fingerprint density at radius 2 is 1.35 bits per heavy atom. The minimum Gasteiger partial charge on any atom is -0.343 e. The second kappa shape index (κ2) is 13.5. The third kappa shape index (κ3) is 7.73. The van der Waals surface area contributed by atoms with Crippen LogP contribution in [0.5, 0.6) is 0 Å². The predicted molar refractivity (Wildman–Crippen MR) is 155 cm³/mol. The van der Waals surface area contributed by atoms with Crippen molar-refractivity contribution >= 4 is 23.5 Å². The maximum Gasteiger partial charge on any atom is 0.416 e. The molecule has 0 unspecified atom stereocenters. The highest BCUT2D eigenvalue weighted by molar-refractivity contribution is 5.92. The molecule has 0 aromatic heterocycles. The van der Waals surface area contributed by atoms with Gasteiger partial charge in [-0.25, -0.2) is 14.2 Å². The molecule has 2 aliphatic rings. The van der Waals surface area contributed by atoms with Crippen LogP contribution in [-0.2, 0) is 21.9 Å². The zero-order valence-corrected chi connectivity index (χ0v) is 25.8. The van der Waals surface area contributed by atoms with Gasteiger partial charge >= 0.3 is 18.4 Å². The standard InChI is InChI=1S/C31H36F7N5O3/c1-19(44)42-12-9-21(10-13-42)28(45)41(4)43-14-11-27(26(18-43)20-5-7-24(32)8-6-20)40(3)29(46)39(2)25-16-22(30(33,34)35)15-23(17-25)31(36,37)38/h5-8,15-17,21,26-27H,9-14,18H2,1-4H3/t26-,27+/m0/s1. The molecule has 2 aliphatic heterocycles. The van der Waals surface area contributed by atoms with Crippen molar-refractivity contribution in [3.05, 3.63) is 65.0 Å². The second-order valence-electron chi connectivity index (χ2n) is 11.8. The van der Waals surface area contributed by atoms with Gasteiger partial charge in [-0.1, -0.05) is 12.1 Å². The monoisotopic (exact) mass is 659 g/mol. The Labute approximate surface area is 262 Å². The number of anilines is 1. The van der Waals surface area contributed by atoms with Crippen LogP contribution in [0, 0.1) is 11.7 Å². The fourth-order valence-corrected chi connectivity index (χ4v) is 6.16. The van der Waals surface area contributed by atoms with Gasteiger partial charge in [0, 0.05) is 77.8 Å². The van der Waals surface area contributed by atoms with Crippen LogP contribution in [0.2, 0.25) is 0 Å². The Hall–Kier alpha value is -3.88. The number of halogens is 7. The van der Waals surface area contributed by atoms with E-state index in [2.05, 4.69) is 0 Å². The van der Waals surface area contributed by atoms with Crippen LogP contribution in [-0.4, -0.2) is 91.0 Å². The fraction of sp³-hybridized carbons (Fsp3) is 0.516. The molecule has 2 aromatic carbocycles. The summed E-state index contributed by atoms with van der Waals surface area (Å²) in [7, 11) is 4.14. The van der Waals surface area contributed by atoms with Gasteiger partial charge in [0.05, 0.1) is 11.1 Å². The Bertz CT molecular complexity index is 1390. The molecule has 8 nitrogen and oxygen atoms in total. The number of hydrogen-bond acceptors (Lipinski definition) is 4. The Balaban J connectivity index is 1.57. The van der Waals surface area contributed by atoms with Crippen molar-refractivity contribution in [2.45, 2.75) is 50.5 Å². The molecular weight excluding hydrogens is 623 g/mol. The van der Waals surface area contributed by atoms with Crippen LogP contribution in [0.4, 0.5) is 41.2 Å². The van der Waals surface area contributed by atoms with Crippen LogP contribution < -0.4 is 4.90 Å². The summed E-state index contributed by atoms with van der Waals surface area (Å²) >= 11 is 0. The first-order valence-electron chi connectivity index (χ1n) is 14.7. The number of carbonyl (C=O) groups is 3. The molecule has 0 saturated carbocycles. The Morgan fingerprint density at radius 1 is 0.804 bits per heavy atom. The molecule has 0 bridgehead atoms. The zero-order chi connectivity index (χ0) is 34.1. The highest BCUT2D eigenvalue weighted by Crippen LogP contribution is 2.39. The van der Waals surface area contributed by atoms with Gasteiger partial charge in [-0.15, -0.1) is 0 Å². The number of urea groups is 1. The summed E-state index contributed by atoms with van der Waals surface area (Å²) in [6.07, 6.45) is -8.86. The Morgan fingerprint density at radius 3 is 1.85 bits per heavy atom. The van der Waals surface area contributed by atoms with E-state index in [9.17, 15) is 45.1 Å². The van der Waals surface area contributed by atoms with Gasteiger partial charge in [0.1, 0.15) is 5.82 Å². The van der Waals surface area contributed by atoms with E-state index in [-0.39, 0.29) is 36.8 Å². The number of hydrazine groups is 1. The summed E-state index contributed by atoms with van der Waals surface area (Å²) in [5, 5.41) is 3.34. The summed E-state index contributed by atoms with van der Waals surface area (Å²) in [5.74, 6) is -1.48. The topological polar surface area (TPSA) is 67.4 Å². The molecule has 252 valence electrons. The summed E-state index contributed by atoms with van der Waals surface area (Å²) in [4.78, 5) is 42.4. The third-order valence-corrected chi connectivity index (χ3v) is 8.93. The van der Waals surface area contributed by atoms with Crippen LogP contribution in [0.3, 0.4) is 0 Å². The number of alkyl halides is 6. The molecule has 4 rings (SSSR count). The van der Waals surface area contributed by atoms with Crippen molar-refractivity contribution in [2.24, 2.45) is 5.92 Å². The molecule has 2 saturated heterocycles. The van der Waals surface area contributed by atoms with E-state index in [1.165, 1.54) is 36.0 Å². The Kier molecular flexibility index (Phi) is 10.2. The first kappa shape index (κ1) is 35.0. The number of rotatable bonds is 5.